The molecular formula is C23H23FN8O2. The van der Waals surface area contributed by atoms with Crippen LogP contribution in [-0.4, -0.2) is 59.0 Å². The molecule has 0 atom stereocenters. The van der Waals surface area contributed by atoms with Crippen LogP contribution in [0, 0.1) is 5.82 Å². The van der Waals surface area contributed by atoms with Gasteiger partial charge in [0.05, 0.1) is 6.20 Å². The molecule has 3 aromatic rings. The topological polar surface area (TPSA) is 108 Å². The summed E-state index contributed by atoms with van der Waals surface area (Å²) >= 11 is 0. The highest BCUT2D eigenvalue weighted by Gasteiger charge is 2.22. The number of hydrogen-bond acceptors (Lipinski definition) is 9. The molecule has 2 aliphatic rings. The number of fused-ring (bicyclic) bond motifs is 1. The second kappa shape index (κ2) is 8.94. The highest BCUT2D eigenvalue weighted by Crippen LogP contribution is 2.31. The van der Waals surface area contributed by atoms with Gasteiger partial charge in [0.1, 0.15) is 5.82 Å². The van der Waals surface area contributed by atoms with Gasteiger partial charge in [-0.15, -0.1) is 0 Å². The molecular weight excluding hydrogens is 439 g/mol. The Labute approximate surface area is 195 Å². The van der Waals surface area contributed by atoms with Crippen LogP contribution in [0.2, 0.25) is 0 Å². The Morgan fingerprint density at radius 3 is 2.59 bits per heavy atom. The zero-order valence-corrected chi connectivity index (χ0v) is 18.5. The van der Waals surface area contributed by atoms with E-state index in [0.717, 1.165) is 43.8 Å². The van der Waals surface area contributed by atoms with E-state index in [1.165, 1.54) is 0 Å². The maximum Gasteiger partial charge on any atom is 0.292 e. The maximum atomic E-state index is 14.4. The van der Waals surface area contributed by atoms with E-state index < -0.39 is 11.7 Å². The number of anilines is 6. The molecule has 1 amide bonds. The summed E-state index contributed by atoms with van der Waals surface area (Å²) in [5.41, 5.74) is 1.93. The molecule has 4 heterocycles. The van der Waals surface area contributed by atoms with Gasteiger partial charge in [0.2, 0.25) is 5.95 Å². The Morgan fingerprint density at radius 2 is 1.82 bits per heavy atom. The van der Waals surface area contributed by atoms with E-state index in [0.29, 0.717) is 5.75 Å². The van der Waals surface area contributed by atoms with Crippen molar-refractivity contribution in [1.29, 1.82) is 0 Å². The minimum absolute atomic E-state index is 0.0239. The monoisotopic (exact) mass is 462 g/mol. The van der Waals surface area contributed by atoms with E-state index in [4.69, 9.17) is 4.74 Å². The fourth-order valence-corrected chi connectivity index (χ4v) is 3.63. The van der Waals surface area contributed by atoms with Gasteiger partial charge in [-0.3, -0.25) is 4.79 Å². The van der Waals surface area contributed by atoms with Crippen LogP contribution in [0.3, 0.4) is 0 Å². The summed E-state index contributed by atoms with van der Waals surface area (Å²) in [4.78, 5) is 28.9. The Kier molecular flexibility index (Phi) is 5.68. The number of carbonyl (C=O) groups is 1. The minimum Gasteiger partial charge on any atom is -0.448 e. The lowest BCUT2D eigenvalue weighted by Crippen LogP contribution is -2.44. The van der Waals surface area contributed by atoms with Gasteiger partial charge in [0.25, 0.3) is 5.91 Å². The van der Waals surface area contributed by atoms with Gasteiger partial charge in [-0.05, 0) is 43.4 Å². The highest BCUT2D eigenvalue weighted by atomic mass is 19.1. The first-order chi connectivity index (χ1) is 16.4. The van der Waals surface area contributed by atoms with E-state index in [1.807, 2.05) is 24.3 Å². The lowest BCUT2D eigenvalue weighted by Gasteiger charge is -2.34. The molecule has 0 aliphatic carbocycles. The molecule has 1 fully saturated rings. The van der Waals surface area contributed by atoms with Crippen LogP contribution in [0.15, 0.2) is 54.9 Å². The molecule has 11 heteroatoms. The third-order valence-electron chi connectivity index (χ3n) is 5.56. The van der Waals surface area contributed by atoms with E-state index in [2.05, 4.69) is 54.3 Å². The molecule has 34 heavy (non-hydrogen) atoms. The zero-order valence-electron chi connectivity index (χ0n) is 18.5. The second-order valence-electron chi connectivity index (χ2n) is 8.00. The number of ether oxygens (including phenoxy) is 1. The van der Waals surface area contributed by atoms with Gasteiger partial charge >= 0.3 is 0 Å². The van der Waals surface area contributed by atoms with Crippen LogP contribution in [0.5, 0.6) is 5.75 Å². The Morgan fingerprint density at radius 1 is 1.06 bits per heavy atom. The number of hydrogen-bond donors (Lipinski definition) is 3. The van der Waals surface area contributed by atoms with Gasteiger partial charge in [0, 0.05) is 37.6 Å². The third-order valence-corrected chi connectivity index (χ3v) is 5.56. The predicted molar refractivity (Wildman–Crippen MR) is 127 cm³/mol. The summed E-state index contributed by atoms with van der Waals surface area (Å²) in [6, 6.07) is 11.1. The van der Waals surface area contributed by atoms with Crippen molar-refractivity contribution in [2.75, 3.05) is 54.1 Å². The number of likely N-dealkylation sites (N-methyl/N-ethyl adjacent to an activating group) is 1. The number of carbonyl (C=O) groups excluding carboxylic acids is 1. The number of halogens is 1. The summed E-state index contributed by atoms with van der Waals surface area (Å²) in [6.45, 7) is 7.56. The lowest BCUT2D eigenvalue weighted by molar-refractivity contribution is -0.115. The predicted octanol–water partition coefficient (Wildman–Crippen LogP) is 3.09. The summed E-state index contributed by atoms with van der Waals surface area (Å²) in [5.74, 6) is -0.177. The molecule has 0 unspecified atom stereocenters. The SMILES string of the molecule is C=C1Oc2ccc(Nc3nc(Nc4ccc(N5CCN(C)CC5)cc4)ncc3F)nc2NC1=O. The van der Waals surface area contributed by atoms with Crippen LogP contribution in [0.1, 0.15) is 0 Å². The largest absolute Gasteiger partial charge is 0.448 e. The van der Waals surface area contributed by atoms with Gasteiger partial charge in [-0.25, -0.2) is 14.4 Å². The quantitative estimate of drug-likeness (QED) is 0.493. The van der Waals surface area contributed by atoms with Crippen molar-refractivity contribution in [2.24, 2.45) is 0 Å². The molecule has 2 aromatic heterocycles. The number of pyridine rings is 1. The number of rotatable bonds is 5. The Hall–Kier alpha value is -4.25. The first-order valence-electron chi connectivity index (χ1n) is 10.7. The van der Waals surface area contributed by atoms with Crippen LogP contribution in [0.25, 0.3) is 0 Å². The van der Waals surface area contributed by atoms with Gasteiger partial charge < -0.3 is 30.5 Å². The van der Waals surface area contributed by atoms with Crippen LogP contribution in [-0.2, 0) is 4.79 Å². The van der Waals surface area contributed by atoms with Crippen molar-refractivity contribution in [3.63, 3.8) is 0 Å². The zero-order chi connectivity index (χ0) is 23.7. The Bertz CT molecular complexity index is 1240. The van der Waals surface area contributed by atoms with Crippen LogP contribution >= 0.6 is 0 Å². The van der Waals surface area contributed by atoms with Crippen molar-refractivity contribution in [2.45, 2.75) is 0 Å². The molecule has 1 aromatic carbocycles. The normalized spacial score (nSPS) is 15.9. The first kappa shape index (κ1) is 21.6. The van der Waals surface area contributed by atoms with Crippen LogP contribution < -0.4 is 25.6 Å². The van der Waals surface area contributed by atoms with Crippen molar-refractivity contribution in [3.8, 4) is 5.75 Å². The highest BCUT2D eigenvalue weighted by molar-refractivity contribution is 6.04. The smallest absolute Gasteiger partial charge is 0.292 e. The molecule has 0 bridgehead atoms. The number of nitrogens with zero attached hydrogens (tertiary/aromatic N) is 5. The molecule has 1 saturated heterocycles. The van der Waals surface area contributed by atoms with Crippen molar-refractivity contribution < 1.29 is 13.9 Å². The average Bonchev–Trinajstić information content (AvgIpc) is 2.83. The molecule has 174 valence electrons. The van der Waals surface area contributed by atoms with E-state index in [-0.39, 0.29) is 29.2 Å². The summed E-state index contributed by atoms with van der Waals surface area (Å²) < 4.78 is 19.7. The molecule has 10 nitrogen and oxygen atoms in total. The van der Waals surface area contributed by atoms with E-state index >= 15 is 0 Å². The molecule has 3 N–H and O–H groups in total. The van der Waals surface area contributed by atoms with Gasteiger partial charge in [0.15, 0.2) is 29.0 Å². The molecule has 2 aliphatic heterocycles. The van der Waals surface area contributed by atoms with Gasteiger partial charge in [-0.1, -0.05) is 6.58 Å². The van der Waals surface area contributed by atoms with Gasteiger partial charge in [-0.2, -0.15) is 4.98 Å². The molecule has 0 spiro atoms. The van der Waals surface area contributed by atoms with Crippen molar-refractivity contribution in [1.82, 2.24) is 19.9 Å². The fourth-order valence-electron chi connectivity index (χ4n) is 3.63. The molecule has 5 rings (SSSR count). The number of amides is 1. The molecule has 0 saturated carbocycles. The van der Waals surface area contributed by atoms with E-state index in [1.54, 1.807) is 12.1 Å². The van der Waals surface area contributed by atoms with Crippen molar-refractivity contribution in [3.05, 3.63) is 60.8 Å². The van der Waals surface area contributed by atoms with Crippen LogP contribution in [0.4, 0.5) is 39.2 Å². The summed E-state index contributed by atoms with van der Waals surface area (Å²) in [5, 5.41) is 8.47. The van der Waals surface area contributed by atoms with Crippen molar-refractivity contribution >= 4 is 40.7 Å². The van der Waals surface area contributed by atoms with E-state index in [9.17, 15) is 9.18 Å². The minimum atomic E-state index is -0.649. The fraction of sp³-hybridized carbons (Fsp3) is 0.217. The number of piperazine rings is 1. The summed E-state index contributed by atoms with van der Waals surface area (Å²) in [6.07, 6.45) is 1.07. The average molecular weight is 462 g/mol. The Balaban J connectivity index is 1.28. The number of nitrogens with one attached hydrogen (secondary N) is 3. The summed E-state index contributed by atoms with van der Waals surface area (Å²) in [7, 11) is 2.13. The first-order valence-corrected chi connectivity index (χ1v) is 10.7. The maximum absolute atomic E-state index is 14.4. The standard InChI is InChI=1S/C23H23FN8O2/c1-14-22(33)29-21-18(34-14)7-8-19(28-21)27-20-17(24)13-25-23(30-20)26-15-3-5-16(6-4-15)32-11-9-31(2)10-12-32/h3-8,13H,1,9-12H2,2H3,(H3,25,26,27,28,29,30,33). The number of aromatic nitrogens is 3. The lowest BCUT2D eigenvalue weighted by atomic mass is 10.2. The third kappa shape index (κ3) is 4.59. The number of benzene rings is 1. The second-order valence-corrected chi connectivity index (χ2v) is 8.00. The molecule has 0 radical (unpaired) electrons.